The van der Waals surface area contributed by atoms with E-state index >= 15 is 0 Å². The largest absolute Gasteiger partial charge is 0.393 e. The molecule has 0 bridgehead atoms. The van der Waals surface area contributed by atoms with Crippen molar-refractivity contribution in [2.75, 3.05) is 54.5 Å². The highest BCUT2D eigenvalue weighted by Gasteiger charge is 2.22. The predicted molar refractivity (Wildman–Crippen MR) is 130 cm³/mol. The summed E-state index contributed by atoms with van der Waals surface area (Å²) in [7, 11) is 0. The molecular formula is C25H31N5O3. The van der Waals surface area contributed by atoms with Crippen molar-refractivity contribution in [1.29, 1.82) is 0 Å². The number of aliphatic hydroxyl groups excluding tert-OH is 1. The molecule has 0 saturated carbocycles. The van der Waals surface area contributed by atoms with Gasteiger partial charge in [0.25, 0.3) is 5.91 Å². The van der Waals surface area contributed by atoms with E-state index in [2.05, 4.69) is 33.1 Å². The molecular weight excluding hydrogens is 418 g/mol. The number of anilines is 3. The van der Waals surface area contributed by atoms with Crippen LogP contribution in [0.3, 0.4) is 0 Å². The number of morpholine rings is 1. The highest BCUT2D eigenvalue weighted by atomic mass is 16.5. The zero-order valence-corrected chi connectivity index (χ0v) is 19.0. The Bertz CT molecular complexity index is 1130. The summed E-state index contributed by atoms with van der Waals surface area (Å²) in [6, 6.07) is 9.84. The van der Waals surface area contributed by atoms with E-state index in [1.165, 1.54) is 5.56 Å². The Hall–Kier alpha value is -3.10. The van der Waals surface area contributed by atoms with Gasteiger partial charge in [-0.25, -0.2) is 4.98 Å². The molecule has 1 amide bonds. The molecule has 3 N–H and O–H groups in total. The standard InChI is InChI=1S/C25H31N5O3/c1-2-17-16-26-22-4-3-18(13-21(17)22)27-25(32)23-14-19(29-7-5-20(31)6-8-29)15-24(28-23)30-9-11-33-12-10-30/h3-4,13-16,20,26,31H,2,5-12H2,1H3,(H,27,32). The summed E-state index contributed by atoms with van der Waals surface area (Å²) in [6.07, 6.45) is 4.15. The Kier molecular flexibility index (Phi) is 6.20. The number of carbonyl (C=O) groups is 1. The number of nitrogens with zero attached hydrogens (tertiary/aromatic N) is 3. The van der Waals surface area contributed by atoms with Gasteiger partial charge >= 0.3 is 0 Å². The van der Waals surface area contributed by atoms with E-state index < -0.39 is 0 Å². The van der Waals surface area contributed by atoms with Crippen molar-refractivity contribution in [3.05, 3.63) is 47.8 Å². The molecule has 2 aliphatic heterocycles. The summed E-state index contributed by atoms with van der Waals surface area (Å²) in [6.45, 7) is 6.45. The zero-order chi connectivity index (χ0) is 22.8. The Morgan fingerprint density at radius 3 is 2.70 bits per heavy atom. The molecule has 4 heterocycles. The van der Waals surface area contributed by atoms with E-state index in [1.807, 2.05) is 30.5 Å². The molecule has 0 unspecified atom stereocenters. The highest BCUT2D eigenvalue weighted by molar-refractivity contribution is 6.04. The van der Waals surface area contributed by atoms with Crippen LogP contribution in [0.1, 0.15) is 35.8 Å². The number of benzene rings is 1. The van der Waals surface area contributed by atoms with Crippen LogP contribution in [-0.2, 0) is 11.2 Å². The van der Waals surface area contributed by atoms with E-state index in [9.17, 15) is 9.90 Å². The number of aromatic amines is 1. The van der Waals surface area contributed by atoms with Crippen LogP contribution in [-0.4, -0.2) is 66.5 Å². The number of piperidine rings is 1. The van der Waals surface area contributed by atoms with Crippen LogP contribution in [0, 0.1) is 0 Å². The Labute approximate surface area is 193 Å². The molecule has 8 nitrogen and oxygen atoms in total. The molecule has 2 saturated heterocycles. The van der Waals surface area contributed by atoms with Crippen LogP contribution >= 0.6 is 0 Å². The normalized spacial score (nSPS) is 17.5. The molecule has 2 aliphatic rings. The van der Waals surface area contributed by atoms with E-state index in [-0.39, 0.29) is 12.0 Å². The minimum Gasteiger partial charge on any atom is -0.393 e. The van der Waals surface area contributed by atoms with Crippen LogP contribution in [0.15, 0.2) is 36.5 Å². The maximum atomic E-state index is 13.3. The minimum atomic E-state index is -0.249. The van der Waals surface area contributed by atoms with Gasteiger partial charge in [0.1, 0.15) is 11.5 Å². The molecule has 2 aromatic heterocycles. The van der Waals surface area contributed by atoms with Crippen LogP contribution in [0.5, 0.6) is 0 Å². The lowest BCUT2D eigenvalue weighted by molar-refractivity contribution is 0.102. The molecule has 0 atom stereocenters. The smallest absolute Gasteiger partial charge is 0.274 e. The third-order valence-corrected chi connectivity index (χ3v) is 6.60. The topological polar surface area (TPSA) is 93.7 Å². The Morgan fingerprint density at radius 1 is 1.15 bits per heavy atom. The number of aromatic nitrogens is 2. The summed E-state index contributed by atoms with van der Waals surface area (Å²) in [5.74, 6) is 0.567. The first kappa shape index (κ1) is 21.7. The molecule has 0 aliphatic carbocycles. The van der Waals surface area contributed by atoms with E-state index in [0.717, 1.165) is 73.5 Å². The second kappa shape index (κ2) is 9.41. The highest BCUT2D eigenvalue weighted by Crippen LogP contribution is 2.27. The third kappa shape index (κ3) is 4.67. The second-order valence-corrected chi connectivity index (χ2v) is 8.77. The lowest BCUT2D eigenvalue weighted by Gasteiger charge is -2.33. The quantitative estimate of drug-likeness (QED) is 0.554. The molecule has 1 aromatic carbocycles. The average Bonchev–Trinajstić information content (AvgIpc) is 3.27. The molecule has 5 rings (SSSR count). The molecule has 8 heteroatoms. The number of rotatable bonds is 5. The van der Waals surface area contributed by atoms with Gasteiger partial charge in [-0.3, -0.25) is 4.79 Å². The van der Waals surface area contributed by atoms with Gasteiger partial charge in [-0.2, -0.15) is 0 Å². The predicted octanol–water partition coefficient (Wildman–Crippen LogP) is 3.18. The fraction of sp³-hybridized carbons (Fsp3) is 0.440. The van der Waals surface area contributed by atoms with Gasteiger partial charge in [0.05, 0.1) is 19.3 Å². The van der Waals surface area contributed by atoms with Gasteiger partial charge in [0.15, 0.2) is 0 Å². The van der Waals surface area contributed by atoms with Crippen molar-refractivity contribution in [3.63, 3.8) is 0 Å². The number of aliphatic hydroxyl groups is 1. The fourth-order valence-electron chi connectivity index (χ4n) is 4.62. The van der Waals surface area contributed by atoms with Gasteiger partial charge in [-0.05, 0) is 49.1 Å². The first-order valence-corrected chi connectivity index (χ1v) is 11.8. The maximum absolute atomic E-state index is 13.3. The summed E-state index contributed by atoms with van der Waals surface area (Å²) in [5.41, 5.74) is 4.40. The van der Waals surface area contributed by atoms with Gasteiger partial charge in [0, 0.05) is 60.7 Å². The van der Waals surface area contributed by atoms with E-state index in [4.69, 9.17) is 9.72 Å². The number of hydrogen-bond donors (Lipinski definition) is 3. The van der Waals surface area contributed by atoms with Gasteiger partial charge in [0.2, 0.25) is 0 Å². The molecule has 2 fully saturated rings. The number of fused-ring (bicyclic) bond motifs is 1. The summed E-state index contributed by atoms with van der Waals surface area (Å²) in [4.78, 5) is 25.7. The fourth-order valence-corrected chi connectivity index (χ4v) is 4.62. The SMILES string of the molecule is CCc1c[nH]c2ccc(NC(=O)c3cc(N4CCC(O)CC4)cc(N4CCOCC4)n3)cc12. The van der Waals surface area contributed by atoms with Crippen LogP contribution in [0.25, 0.3) is 10.9 Å². The Morgan fingerprint density at radius 2 is 1.94 bits per heavy atom. The number of amides is 1. The van der Waals surface area contributed by atoms with Crippen molar-refractivity contribution in [3.8, 4) is 0 Å². The molecule has 0 spiro atoms. The summed E-state index contributed by atoms with van der Waals surface area (Å²) in [5, 5.41) is 14.1. The summed E-state index contributed by atoms with van der Waals surface area (Å²) >= 11 is 0. The van der Waals surface area contributed by atoms with Crippen molar-refractivity contribution >= 4 is 34.0 Å². The van der Waals surface area contributed by atoms with Crippen molar-refractivity contribution < 1.29 is 14.6 Å². The van der Waals surface area contributed by atoms with Crippen LogP contribution < -0.4 is 15.1 Å². The molecule has 33 heavy (non-hydrogen) atoms. The first-order chi connectivity index (χ1) is 16.1. The van der Waals surface area contributed by atoms with E-state index in [1.54, 1.807) is 0 Å². The number of hydrogen-bond acceptors (Lipinski definition) is 6. The van der Waals surface area contributed by atoms with E-state index in [0.29, 0.717) is 18.9 Å². The monoisotopic (exact) mass is 449 g/mol. The molecule has 3 aromatic rings. The van der Waals surface area contributed by atoms with Gasteiger partial charge in [-0.1, -0.05) is 6.92 Å². The number of nitrogens with one attached hydrogen (secondary N) is 2. The minimum absolute atomic E-state index is 0.226. The third-order valence-electron chi connectivity index (χ3n) is 6.60. The maximum Gasteiger partial charge on any atom is 0.274 e. The first-order valence-electron chi connectivity index (χ1n) is 11.8. The molecule has 0 radical (unpaired) electrons. The summed E-state index contributed by atoms with van der Waals surface area (Å²) < 4.78 is 5.49. The molecule has 174 valence electrons. The average molecular weight is 450 g/mol. The van der Waals surface area contributed by atoms with Crippen molar-refractivity contribution in [2.45, 2.75) is 32.3 Å². The van der Waals surface area contributed by atoms with Crippen molar-refractivity contribution in [2.24, 2.45) is 0 Å². The number of ether oxygens (including phenoxy) is 1. The lowest BCUT2D eigenvalue weighted by Crippen LogP contribution is -2.38. The van der Waals surface area contributed by atoms with Crippen LogP contribution in [0.2, 0.25) is 0 Å². The lowest BCUT2D eigenvalue weighted by atomic mass is 10.1. The second-order valence-electron chi connectivity index (χ2n) is 8.77. The number of pyridine rings is 1. The number of carbonyl (C=O) groups excluding carboxylic acids is 1. The van der Waals surface area contributed by atoms with Crippen molar-refractivity contribution in [1.82, 2.24) is 9.97 Å². The van der Waals surface area contributed by atoms with Crippen LogP contribution in [0.4, 0.5) is 17.2 Å². The van der Waals surface area contributed by atoms with Gasteiger partial charge in [-0.15, -0.1) is 0 Å². The Balaban J connectivity index is 1.44. The van der Waals surface area contributed by atoms with Gasteiger partial charge < -0.3 is 29.9 Å². The number of aryl methyl sites for hydroxylation is 1. The zero-order valence-electron chi connectivity index (χ0n) is 19.0. The number of H-pyrrole nitrogens is 1.